The molecule has 1 amide bonds. The second-order valence-corrected chi connectivity index (χ2v) is 5.59. The van der Waals surface area contributed by atoms with Gasteiger partial charge < -0.3 is 10.6 Å². The Hall–Kier alpha value is -3.14. The lowest BCUT2D eigenvalue weighted by Gasteiger charge is -2.08. The molecule has 4 heteroatoms. The van der Waals surface area contributed by atoms with E-state index in [1.165, 1.54) is 5.56 Å². The normalized spacial score (nSPS) is 10.2. The largest absolute Gasteiger partial charge is 0.354 e. The highest BCUT2D eigenvalue weighted by Gasteiger charge is 2.06. The number of anilines is 2. The zero-order valence-corrected chi connectivity index (χ0v) is 13.5. The van der Waals surface area contributed by atoms with Crippen molar-refractivity contribution in [3.05, 3.63) is 89.7 Å². The smallest absolute Gasteiger partial charge is 0.270 e. The van der Waals surface area contributed by atoms with E-state index < -0.39 is 0 Å². The Morgan fingerprint density at radius 3 is 2.29 bits per heavy atom. The number of carbonyl (C=O) groups is 1. The minimum Gasteiger partial charge on any atom is -0.354 e. The molecule has 0 saturated carbocycles. The Morgan fingerprint density at radius 2 is 1.62 bits per heavy atom. The maximum Gasteiger partial charge on any atom is 0.270 e. The average Bonchev–Trinajstić information content (AvgIpc) is 2.63. The molecule has 0 unspecified atom stereocenters. The Balaban J connectivity index is 1.59. The molecule has 0 aliphatic heterocycles. The van der Waals surface area contributed by atoms with Gasteiger partial charge in [-0.15, -0.1) is 0 Å². The van der Waals surface area contributed by atoms with Crippen molar-refractivity contribution < 1.29 is 4.79 Å². The molecular weight excluding hydrogens is 298 g/mol. The number of hydrogen-bond donors (Lipinski definition) is 2. The van der Waals surface area contributed by atoms with Gasteiger partial charge in [0.15, 0.2) is 0 Å². The molecule has 120 valence electrons. The summed E-state index contributed by atoms with van der Waals surface area (Å²) in [4.78, 5) is 16.4. The van der Waals surface area contributed by atoms with E-state index in [0.29, 0.717) is 12.2 Å². The molecule has 0 spiro atoms. The molecule has 0 saturated heterocycles. The van der Waals surface area contributed by atoms with Crippen molar-refractivity contribution >= 4 is 17.3 Å². The molecule has 0 fully saturated rings. The lowest BCUT2D eigenvalue weighted by Crippen LogP contribution is -2.23. The summed E-state index contributed by atoms with van der Waals surface area (Å²) < 4.78 is 0. The molecule has 4 nitrogen and oxygen atoms in total. The van der Waals surface area contributed by atoms with Crippen LogP contribution < -0.4 is 10.6 Å². The third-order valence-electron chi connectivity index (χ3n) is 3.63. The molecule has 2 aromatic carbocycles. The van der Waals surface area contributed by atoms with Gasteiger partial charge in [-0.3, -0.25) is 4.79 Å². The van der Waals surface area contributed by atoms with Crippen LogP contribution in [0, 0.1) is 6.92 Å². The van der Waals surface area contributed by atoms with E-state index in [4.69, 9.17) is 0 Å². The quantitative estimate of drug-likeness (QED) is 0.746. The summed E-state index contributed by atoms with van der Waals surface area (Å²) in [7, 11) is 0. The first-order valence-electron chi connectivity index (χ1n) is 7.82. The van der Waals surface area contributed by atoms with Crippen molar-refractivity contribution in [2.24, 2.45) is 0 Å². The van der Waals surface area contributed by atoms with Crippen LogP contribution in [0.1, 0.15) is 21.6 Å². The van der Waals surface area contributed by atoms with Crippen LogP contribution >= 0.6 is 0 Å². The number of rotatable bonds is 5. The van der Waals surface area contributed by atoms with Crippen LogP contribution in [-0.4, -0.2) is 10.9 Å². The first-order valence-corrected chi connectivity index (χ1v) is 7.82. The van der Waals surface area contributed by atoms with Crippen molar-refractivity contribution in [1.82, 2.24) is 10.3 Å². The fraction of sp³-hybridized carbons (Fsp3) is 0.100. The Morgan fingerprint density at radius 1 is 0.917 bits per heavy atom. The molecular formula is C20H19N3O. The van der Waals surface area contributed by atoms with Gasteiger partial charge in [0, 0.05) is 12.2 Å². The van der Waals surface area contributed by atoms with Gasteiger partial charge in [-0.25, -0.2) is 4.98 Å². The number of pyridine rings is 1. The minimum atomic E-state index is -0.180. The number of nitrogens with zero attached hydrogens (tertiary/aromatic N) is 1. The minimum absolute atomic E-state index is 0.180. The highest BCUT2D eigenvalue weighted by atomic mass is 16.1. The van der Waals surface area contributed by atoms with E-state index in [2.05, 4.69) is 15.6 Å². The number of carbonyl (C=O) groups excluding carboxylic acids is 1. The second kappa shape index (κ2) is 7.42. The molecule has 2 N–H and O–H groups in total. The number of hydrogen-bond acceptors (Lipinski definition) is 3. The monoisotopic (exact) mass is 317 g/mol. The molecule has 0 aliphatic rings. The van der Waals surface area contributed by atoms with Gasteiger partial charge in [0.1, 0.15) is 5.69 Å². The molecule has 0 atom stereocenters. The Bertz CT molecular complexity index is 797. The van der Waals surface area contributed by atoms with Crippen LogP contribution in [0.2, 0.25) is 0 Å². The van der Waals surface area contributed by atoms with Gasteiger partial charge in [0.2, 0.25) is 0 Å². The van der Waals surface area contributed by atoms with E-state index >= 15 is 0 Å². The van der Waals surface area contributed by atoms with Crippen molar-refractivity contribution in [3.63, 3.8) is 0 Å². The maximum atomic E-state index is 12.1. The van der Waals surface area contributed by atoms with Gasteiger partial charge in [-0.2, -0.15) is 0 Å². The summed E-state index contributed by atoms with van der Waals surface area (Å²) in [5, 5.41) is 6.13. The van der Waals surface area contributed by atoms with Crippen molar-refractivity contribution in [3.8, 4) is 0 Å². The SMILES string of the molecule is Cc1ccc(Nc2ccc(C(=O)NCc3ccccc3)nc2)cc1. The predicted octanol–water partition coefficient (Wildman–Crippen LogP) is 4.06. The zero-order valence-electron chi connectivity index (χ0n) is 13.5. The van der Waals surface area contributed by atoms with Gasteiger partial charge in [0.25, 0.3) is 5.91 Å². The van der Waals surface area contributed by atoms with E-state index in [0.717, 1.165) is 16.9 Å². The Labute approximate surface area is 141 Å². The average molecular weight is 317 g/mol. The third kappa shape index (κ3) is 4.20. The third-order valence-corrected chi connectivity index (χ3v) is 3.63. The number of nitrogens with one attached hydrogen (secondary N) is 2. The number of aryl methyl sites for hydroxylation is 1. The number of aromatic nitrogens is 1. The molecule has 3 rings (SSSR count). The van der Waals surface area contributed by atoms with Crippen LogP contribution in [-0.2, 0) is 6.54 Å². The molecule has 3 aromatic rings. The maximum absolute atomic E-state index is 12.1. The fourth-order valence-corrected chi connectivity index (χ4v) is 2.27. The first-order chi connectivity index (χ1) is 11.7. The standard InChI is InChI=1S/C20H19N3O/c1-15-7-9-17(10-8-15)23-18-11-12-19(21-14-18)20(24)22-13-16-5-3-2-4-6-16/h2-12,14,23H,13H2,1H3,(H,22,24). The fourth-order valence-electron chi connectivity index (χ4n) is 2.27. The van der Waals surface area contributed by atoms with Crippen LogP contribution in [0.15, 0.2) is 72.9 Å². The van der Waals surface area contributed by atoms with E-state index in [1.54, 1.807) is 12.3 Å². The molecule has 0 aliphatic carbocycles. The second-order valence-electron chi connectivity index (χ2n) is 5.59. The lowest BCUT2D eigenvalue weighted by atomic mass is 10.2. The van der Waals surface area contributed by atoms with Crippen LogP contribution in [0.3, 0.4) is 0 Å². The van der Waals surface area contributed by atoms with Gasteiger partial charge in [-0.1, -0.05) is 48.0 Å². The lowest BCUT2D eigenvalue weighted by molar-refractivity contribution is 0.0946. The van der Waals surface area contributed by atoms with Gasteiger partial charge >= 0.3 is 0 Å². The Kier molecular flexibility index (Phi) is 4.87. The summed E-state index contributed by atoms with van der Waals surface area (Å²) >= 11 is 0. The van der Waals surface area contributed by atoms with Crippen molar-refractivity contribution in [2.75, 3.05) is 5.32 Å². The van der Waals surface area contributed by atoms with Crippen molar-refractivity contribution in [1.29, 1.82) is 0 Å². The summed E-state index contributed by atoms with van der Waals surface area (Å²) in [6.07, 6.45) is 1.66. The number of amides is 1. The van der Waals surface area contributed by atoms with Crippen LogP contribution in [0.5, 0.6) is 0 Å². The van der Waals surface area contributed by atoms with E-state index in [9.17, 15) is 4.79 Å². The van der Waals surface area contributed by atoms with Gasteiger partial charge in [0.05, 0.1) is 11.9 Å². The zero-order chi connectivity index (χ0) is 16.8. The van der Waals surface area contributed by atoms with Gasteiger partial charge in [-0.05, 0) is 36.8 Å². The van der Waals surface area contributed by atoms with Crippen LogP contribution in [0.4, 0.5) is 11.4 Å². The summed E-state index contributed by atoms with van der Waals surface area (Å²) in [6.45, 7) is 2.54. The van der Waals surface area contributed by atoms with Crippen LogP contribution in [0.25, 0.3) is 0 Å². The predicted molar refractivity (Wildman–Crippen MR) is 96.3 cm³/mol. The summed E-state index contributed by atoms with van der Waals surface area (Å²) in [5.41, 5.74) is 4.51. The highest BCUT2D eigenvalue weighted by molar-refractivity contribution is 5.92. The number of benzene rings is 2. The van der Waals surface area contributed by atoms with E-state index in [-0.39, 0.29) is 5.91 Å². The van der Waals surface area contributed by atoms with E-state index in [1.807, 2.05) is 67.6 Å². The first kappa shape index (κ1) is 15.7. The summed E-state index contributed by atoms with van der Waals surface area (Å²) in [6, 6.07) is 21.5. The van der Waals surface area contributed by atoms with Crippen molar-refractivity contribution in [2.45, 2.75) is 13.5 Å². The topological polar surface area (TPSA) is 54.0 Å². The molecule has 1 heterocycles. The molecule has 24 heavy (non-hydrogen) atoms. The summed E-state index contributed by atoms with van der Waals surface area (Å²) in [5.74, 6) is -0.180. The molecule has 0 bridgehead atoms. The molecule has 0 radical (unpaired) electrons. The molecule has 1 aromatic heterocycles. The highest BCUT2D eigenvalue weighted by Crippen LogP contribution is 2.16.